The van der Waals surface area contributed by atoms with E-state index in [0.29, 0.717) is 21.3 Å². The summed E-state index contributed by atoms with van der Waals surface area (Å²) in [7, 11) is 0. The lowest BCUT2D eigenvalue weighted by atomic mass is 10.2. The Hall–Kier alpha value is -2.05. The molecule has 134 valence electrons. The van der Waals surface area contributed by atoms with Crippen LogP contribution in [0.2, 0.25) is 10.0 Å². The minimum Gasteiger partial charge on any atom is -0.322 e. The summed E-state index contributed by atoms with van der Waals surface area (Å²) in [6.45, 7) is 0. The van der Waals surface area contributed by atoms with Gasteiger partial charge in [-0.15, -0.1) is 11.3 Å². The van der Waals surface area contributed by atoms with Crippen LogP contribution in [0.15, 0.2) is 76.0 Å². The molecular weight excluding hydrogens is 419 g/mol. The first-order valence-corrected chi connectivity index (χ1v) is 10.4. The van der Waals surface area contributed by atoms with Crippen LogP contribution in [0.3, 0.4) is 0 Å². The number of nitrogens with one attached hydrogen (secondary N) is 1. The summed E-state index contributed by atoms with van der Waals surface area (Å²) in [6, 6.07) is 20.2. The highest BCUT2D eigenvalue weighted by atomic mass is 35.5. The van der Waals surface area contributed by atoms with Gasteiger partial charge in [0.2, 0.25) is 0 Å². The van der Waals surface area contributed by atoms with Crippen molar-refractivity contribution >= 4 is 68.1 Å². The largest absolute Gasteiger partial charge is 0.322 e. The molecule has 4 rings (SSSR count). The molecule has 0 atom stereocenters. The lowest BCUT2D eigenvalue weighted by Crippen LogP contribution is -2.11. The fourth-order valence-corrected chi connectivity index (χ4v) is 4.90. The number of rotatable bonds is 4. The summed E-state index contributed by atoms with van der Waals surface area (Å²) >= 11 is 15.4. The zero-order valence-corrected chi connectivity index (χ0v) is 16.9. The van der Waals surface area contributed by atoms with Gasteiger partial charge in [-0.2, -0.15) is 0 Å². The summed E-state index contributed by atoms with van der Waals surface area (Å²) in [5.41, 5.74) is 2.14. The van der Waals surface area contributed by atoms with Gasteiger partial charge in [0, 0.05) is 21.2 Å². The van der Waals surface area contributed by atoms with Gasteiger partial charge in [0.15, 0.2) is 4.34 Å². The van der Waals surface area contributed by atoms with Gasteiger partial charge in [-0.25, -0.2) is 4.98 Å². The van der Waals surface area contributed by atoms with Gasteiger partial charge in [0.25, 0.3) is 5.91 Å². The molecule has 0 aliphatic carbocycles. The molecule has 0 aliphatic heterocycles. The van der Waals surface area contributed by atoms with Crippen LogP contribution in [-0.4, -0.2) is 10.9 Å². The van der Waals surface area contributed by atoms with Crippen molar-refractivity contribution in [3.63, 3.8) is 0 Å². The Bertz CT molecular complexity index is 1090. The number of benzene rings is 3. The average Bonchev–Trinajstić information content (AvgIpc) is 3.07. The van der Waals surface area contributed by atoms with E-state index < -0.39 is 0 Å². The number of thiazole rings is 1. The van der Waals surface area contributed by atoms with Crippen molar-refractivity contribution in [3.8, 4) is 0 Å². The highest BCUT2D eigenvalue weighted by Gasteiger charge is 2.11. The van der Waals surface area contributed by atoms with Crippen molar-refractivity contribution in [1.82, 2.24) is 4.98 Å². The van der Waals surface area contributed by atoms with Crippen molar-refractivity contribution in [2.24, 2.45) is 0 Å². The Morgan fingerprint density at radius 3 is 2.52 bits per heavy atom. The van der Waals surface area contributed by atoms with Crippen LogP contribution < -0.4 is 5.32 Å². The quantitative estimate of drug-likeness (QED) is 0.378. The zero-order valence-electron chi connectivity index (χ0n) is 13.8. The number of halogens is 2. The molecule has 0 fully saturated rings. The first-order chi connectivity index (χ1) is 13.1. The number of carbonyl (C=O) groups is 1. The Kier molecular flexibility index (Phi) is 5.36. The molecule has 27 heavy (non-hydrogen) atoms. The lowest BCUT2D eigenvalue weighted by molar-refractivity contribution is 0.102. The van der Waals surface area contributed by atoms with Crippen molar-refractivity contribution < 1.29 is 4.79 Å². The monoisotopic (exact) mass is 430 g/mol. The molecule has 0 saturated carbocycles. The van der Waals surface area contributed by atoms with Crippen molar-refractivity contribution in [1.29, 1.82) is 0 Å². The van der Waals surface area contributed by atoms with Gasteiger partial charge in [0.1, 0.15) is 0 Å². The normalized spacial score (nSPS) is 10.9. The molecule has 0 unspecified atom stereocenters. The van der Waals surface area contributed by atoms with Crippen molar-refractivity contribution in [3.05, 3.63) is 82.3 Å². The predicted molar refractivity (Wildman–Crippen MR) is 115 cm³/mol. The van der Waals surface area contributed by atoms with Gasteiger partial charge in [-0.1, -0.05) is 47.1 Å². The number of aromatic nitrogens is 1. The molecule has 0 radical (unpaired) electrons. The number of para-hydroxylation sites is 1. The van der Waals surface area contributed by atoms with Crippen LogP contribution in [0.1, 0.15) is 10.4 Å². The highest BCUT2D eigenvalue weighted by molar-refractivity contribution is 8.01. The maximum Gasteiger partial charge on any atom is 0.255 e. The number of hydrogen-bond donors (Lipinski definition) is 1. The van der Waals surface area contributed by atoms with Gasteiger partial charge >= 0.3 is 0 Å². The van der Waals surface area contributed by atoms with E-state index in [-0.39, 0.29) is 5.91 Å². The van der Waals surface area contributed by atoms with Gasteiger partial charge in [0.05, 0.1) is 15.2 Å². The highest BCUT2D eigenvalue weighted by Crippen LogP contribution is 2.38. The third kappa shape index (κ3) is 4.28. The Balaban J connectivity index is 1.50. The molecular formula is C20H12Cl2N2OS2. The summed E-state index contributed by atoms with van der Waals surface area (Å²) in [4.78, 5) is 17.8. The molecule has 1 heterocycles. The van der Waals surface area contributed by atoms with Crippen LogP contribution in [0.25, 0.3) is 10.2 Å². The predicted octanol–water partition coefficient (Wildman–Crippen LogP) is 7.01. The number of nitrogens with zero attached hydrogens (tertiary/aromatic N) is 1. The fourth-order valence-electron chi connectivity index (χ4n) is 2.45. The smallest absolute Gasteiger partial charge is 0.255 e. The number of amides is 1. The van der Waals surface area contributed by atoms with Gasteiger partial charge < -0.3 is 5.32 Å². The molecule has 0 saturated heterocycles. The minimum atomic E-state index is -0.214. The van der Waals surface area contributed by atoms with E-state index in [1.807, 2.05) is 36.4 Å². The average molecular weight is 431 g/mol. The van der Waals surface area contributed by atoms with Crippen LogP contribution in [0.4, 0.5) is 5.69 Å². The molecule has 4 aromatic rings. The first kappa shape index (κ1) is 18.3. The summed E-state index contributed by atoms with van der Waals surface area (Å²) in [5.74, 6) is -0.214. The second-order valence-electron chi connectivity index (χ2n) is 5.66. The number of carbonyl (C=O) groups excluding carboxylic acids is 1. The van der Waals surface area contributed by atoms with E-state index in [1.165, 1.54) is 11.8 Å². The second kappa shape index (κ2) is 7.90. The molecule has 0 bridgehead atoms. The number of anilines is 1. The molecule has 0 aliphatic rings. The van der Waals surface area contributed by atoms with Gasteiger partial charge in [-0.3, -0.25) is 4.79 Å². The summed E-state index contributed by atoms with van der Waals surface area (Å²) in [5, 5.41) is 3.99. The van der Waals surface area contributed by atoms with Crippen molar-refractivity contribution in [2.75, 3.05) is 5.32 Å². The zero-order chi connectivity index (χ0) is 18.8. The fraction of sp³-hybridized carbons (Fsp3) is 0. The number of fused-ring (bicyclic) bond motifs is 1. The van der Waals surface area contributed by atoms with E-state index in [1.54, 1.807) is 41.7 Å². The molecule has 3 nitrogen and oxygen atoms in total. The summed E-state index contributed by atoms with van der Waals surface area (Å²) in [6.07, 6.45) is 0. The van der Waals surface area contributed by atoms with E-state index >= 15 is 0 Å². The molecule has 1 amide bonds. The van der Waals surface area contributed by atoms with E-state index in [2.05, 4.69) is 10.3 Å². The third-order valence-corrected chi connectivity index (χ3v) is 6.62. The SMILES string of the molecule is O=C(Nc1ccc(Sc2nc3ccccc3s2)c(Cl)c1)c1ccc(Cl)cc1. The lowest BCUT2D eigenvalue weighted by Gasteiger charge is -2.08. The van der Waals surface area contributed by atoms with Crippen LogP contribution in [-0.2, 0) is 0 Å². The Morgan fingerprint density at radius 1 is 1.00 bits per heavy atom. The topological polar surface area (TPSA) is 42.0 Å². The van der Waals surface area contributed by atoms with E-state index in [0.717, 1.165) is 19.5 Å². The number of hydrogen-bond acceptors (Lipinski definition) is 4. The molecule has 0 spiro atoms. The minimum absolute atomic E-state index is 0.214. The summed E-state index contributed by atoms with van der Waals surface area (Å²) < 4.78 is 2.07. The van der Waals surface area contributed by atoms with Crippen LogP contribution in [0, 0.1) is 0 Å². The maximum absolute atomic E-state index is 12.3. The molecule has 7 heteroatoms. The molecule has 3 aromatic carbocycles. The Labute approximate surface area is 174 Å². The van der Waals surface area contributed by atoms with E-state index in [9.17, 15) is 4.79 Å². The van der Waals surface area contributed by atoms with Crippen LogP contribution in [0.5, 0.6) is 0 Å². The van der Waals surface area contributed by atoms with Crippen molar-refractivity contribution in [2.45, 2.75) is 9.24 Å². The second-order valence-corrected chi connectivity index (χ2v) is 8.82. The maximum atomic E-state index is 12.3. The first-order valence-electron chi connectivity index (χ1n) is 7.98. The van der Waals surface area contributed by atoms with E-state index in [4.69, 9.17) is 23.2 Å². The Morgan fingerprint density at radius 2 is 1.78 bits per heavy atom. The van der Waals surface area contributed by atoms with Crippen LogP contribution >= 0.6 is 46.3 Å². The molecule has 1 aromatic heterocycles. The standard InChI is InChI=1S/C20H12Cl2N2OS2/c21-13-7-5-12(6-8-13)19(25)23-14-9-10-17(15(22)11-14)26-20-24-16-3-1-2-4-18(16)27-20/h1-11H,(H,23,25). The molecule has 1 N–H and O–H groups in total. The third-order valence-electron chi connectivity index (χ3n) is 3.77. The van der Waals surface area contributed by atoms with Gasteiger partial charge in [-0.05, 0) is 54.6 Å².